The Morgan fingerprint density at radius 1 is 1.35 bits per heavy atom. The van der Waals surface area contributed by atoms with E-state index in [1.807, 2.05) is 13.0 Å². The van der Waals surface area contributed by atoms with E-state index in [2.05, 4.69) is 30.2 Å². The first-order chi connectivity index (χ1) is 8.06. The molecule has 1 aromatic rings. The zero-order chi connectivity index (χ0) is 12.8. The van der Waals surface area contributed by atoms with Crippen molar-refractivity contribution in [1.82, 2.24) is 4.98 Å². The van der Waals surface area contributed by atoms with Crippen molar-refractivity contribution >= 4 is 5.82 Å². The molecule has 4 nitrogen and oxygen atoms in total. The smallest absolute Gasteiger partial charge is 0.126 e. The number of nitrogens with two attached hydrogens (primary N) is 1. The van der Waals surface area contributed by atoms with Gasteiger partial charge in [0.25, 0.3) is 0 Å². The molecule has 0 saturated carbocycles. The molecule has 0 radical (unpaired) electrons. The van der Waals surface area contributed by atoms with Crippen LogP contribution in [0.5, 0.6) is 0 Å². The molecule has 1 unspecified atom stereocenters. The van der Waals surface area contributed by atoms with Gasteiger partial charge in [0.05, 0.1) is 6.10 Å². The Kier molecular flexibility index (Phi) is 5.38. The highest BCUT2D eigenvalue weighted by atomic mass is 16.5. The maximum Gasteiger partial charge on any atom is 0.126 e. The average Bonchev–Trinajstić information content (AvgIpc) is 2.35. The van der Waals surface area contributed by atoms with E-state index in [9.17, 15) is 0 Å². The predicted octanol–water partition coefficient (Wildman–Crippen LogP) is 2.11. The van der Waals surface area contributed by atoms with Gasteiger partial charge in [-0.25, -0.2) is 4.98 Å². The predicted molar refractivity (Wildman–Crippen MR) is 71.2 cm³/mol. The van der Waals surface area contributed by atoms with Crippen LogP contribution in [0.1, 0.15) is 37.9 Å². The summed E-state index contributed by atoms with van der Waals surface area (Å²) in [6.07, 6.45) is 0.167. The normalized spacial score (nSPS) is 12.8. The second-order valence-electron chi connectivity index (χ2n) is 4.57. The lowest BCUT2D eigenvalue weighted by molar-refractivity contribution is 0.128. The van der Waals surface area contributed by atoms with E-state index < -0.39 is 0 Å². The van der Waals surface area contributed by atoms with Crippen LogP contribution < -0.4 is 11.1 Å². The van der Waals surface area contributed by atoms with Crippen molar-refractivity contribution in [2.45, 2.75) is 39.3 Å². The van der Waals surface area contributed by atoms with Crippen LogP contribution in [0.2, 0.25) is 0 Å². The molecule has 0 aliphatic heterocycles. The number of methoxy groups -OCH3 is 1. The molecular weight excluding hydrogens is 214 g/mol. The summed E-state index contributed by atoms with van der Waals surface area (Å²) in [5.74, 6) is 1.28. The molecule has 0 aromatic carbocycles. The molecule has 1 heterocycles. The third-order valence-corrected chi connectivity index (χ3v) is 2.71. The van der Waals surface area contributed by atoms with E-state index in [1.54, 1.807) is 7.11 Å². The van der Waals surface area contributed by atoms with Crippen LogP contribution in [0.15, 0.2) is 12.1 Å². The van der Waals surface area contributed by atoms with Crippen LogP contribution in [0, 0.1) is 0 Å². The number of nitrogens with one attached hydrogen (secondary N) is 1. The number of aromatic nitrogens is 1. The molecule has 1 atom stereocenters. The Morgan fingerprint density at radius 2 is 2.06 bits per heavy atom. The highest BCUT2D eigenvalue weighted by molar-refractivity contribution is 5.40. The number of pyridine rings is 1. The summed E-state index contributed by atoms with van der Waals surface area (Å²) in [6, 6.07) is 4.06. The van der Waals surface area contributed by atoms with Gasteiger partial charge in [0.1, 0.15) is 5.82 Å². The van der Waals surface area contributed by atoms with Crippen molar-refractivity contribution in [2.75, 3.05) is 19.0 Å². The molecule has 0 bridgehead atoms. The number of ether oxygens (including phenoxy) is 1. The van der Waals surface area contributed by atoms with E-state index in [1.165, 1.54) is 0 Å². The quantitative estimate of drug-likeness (QED) is 0.795. The third kappa shape index (κ3) is 4.32. The lowest BCUT2D eigenvalue weighted by atomic mass is 10.1. The molecule has 0 aliphatic carbocycles. The van der Waals surface area contributed by atoms with Crippen LogP contribution in [-0.4, -0.2) is 24.7 Å². The maximum absolute atomic E-state index is 5.69. The summed E-state index contributed by atoms with van der Waals surface area (Å²) in [7, 11) is 1.70. The molecule has 3 N–H and O–H groups in total. The fraction of sp³-hybridized carbons (Fsp3) is 0.615. The number of hydrogen-bond donors (Lipinski definition) is 2. The minimum Gasteiger partial charge on any atom is -0.380 e. The van der Waals surface area contributed by atoms with Crippen LogP contribution in [0.3, 0.4) is 0 Å². The largest absolute Gasteiger partial charge is 0.380 e. The molecule has 0 amide bonds. The number of hydrogen-bond acceptors (Lipinski definition) is 4. The Labute approximate surface area is 104 Å². The second-order valence-corrected chi connectivity index (χ2v) is 4.57. The van der Waals surface area contributed by atoms with Crippen LogP contribution >= 0.6 is 0 Å². The first kappa shape index (κ1) is 13.9. The molecule has 1 aromatic heterocycles. The monoisotopic (exact) mass is 237 g/mol. The summed E-state index contributed by atoms with van der Waals surface area (Å²) < 4.78 is 5.19. The average molecular weight is 237 g/mol. The van der Waals surface area contributed by atoms with E-state index in [0.29, 0.717) is 12.5 Å². The Hall–Kier alpha value is -1.13. The Bertz CT molecular complexity index is 353. The van der Waals surface area contributed by atoms with E-state index in [0.717, 1.165) is 23.6 Å². The Morgan fingerprint density at radius 3 is 2.59 bits per heavy atom. The van der Waals surface area contributed by atoms with Crippen molar-refractivity contribution in [1.29, 1.82) is 0 Å². The summed E-state index contributed by atoms with van der Waals surface area (Å²) >= 11 is 0. The van der Waals surface area contributed by atoms with Gasteiger partial charge in [0.2, 0.25) is 0 Å². The van der Waals surface area contributed by atoms with Gasteiger partial charge in [-0.2, -0.15) is 0 Å². The van der Waals surface area contributed by atoms with Crippen molar-refractivity contribution in [3.8, 4) is 0 Å². The van der Waals surface area contributed by atoms with Crippen LogP contribution in [0.4, 0.5) is 5.82 Å². The number of anilines is 1. The van der Waals surface area contributed by atoms with E-state index in [-0.39, 0.29) is 6.10 Å². The van der Waals surface area contributed by atoms with Crippen molar-refractivity contribution < 1.29 is 4.74 Å². The first-order valence-electron chi connectivity index (χ1n) is 6.04. The van der Waals surface area contributed by atoms with Crippen LogP contribution in [-0.2, 0) is 11.3 Å². The van der Waals surface area contributed by atoms with Gasteiger partial charge in [0.15, 0.2) is 0 Å². The molecule has 17 heavy (non-hydrogen) atoms. The molecule has 96 valence electrons. The number of rotatable bonds is 6. The summed E-state index contributed by atoms with van der Waals surface area (Å²) in [4.78, 5) is 4.56. The topological polar surface area (TPSA) is 60.2 Å². The zero-order valence-electron chi connectivity index (χ0n) is 11.2. The third-order valence-electron chi connectivity index (χ3n) is 2.71. The zero-order valence-corrected chi connectivity index (χ0v) is 11.2. The Balaban J connectivity index is 2.80. The van der Waals surface area contributed by atoms with Crippen LogP contribution in [0.25, 0.3) is 0 Å². The van der Waals surface area contributed by atoms with Gasteiger partial charge >= 0.3 is 0 Å². The fourth-order valence-corrected chi connectivity index (χ4v) is 1.45. The molecule has 0 fully saturated rings. The lowest BCUT2D eigenvalue weighted by Gasteiger charge is -2.14. The summed E-state index contributed by atoms with van der Waals surface area (Å²) in [6.45, 7) is 7.56. The highest BCUT2D eigenvalue weighted by Gasteiger charge is 2.06. The number of nitrogens with zero attached hydrogens (tertiary/aromatic N) is 1. The lowest BCUT2D eigenvalue weighted by Crippen LogP contribution is -2.19. The molecule has 0 saturated heterocycles. The first-order valence-corrected chi connectivity index (χ1v) is 6.04. The minimum atomic E-state index is 0.167. The van der Waals surface area contributed by atoms with Gasteiger partial charge < -0.3 is 15.8 Å². The van der Waals surface area contributed by atoms with Crippen molar-refractivity contribution in [3.05, 3.63) is 23.4 Å². The molecular formula is C13H23N3O. The van der Waals surface area contributed by atoms with Gasteiger partial charge in [0, 0.05) is 25.9 Å². The van der Waals surface area contributed by atoms with E-state index in [4.69, 9.17) is 10.5 Å². The fourth-order valence-electron chi connectivity index (χ4n) is 1.45. The molecule has 4 heteroatoms. The summed E-state index contributed by atoms with van der Waals surface area (Å²) in [5.41, 5.74) is 7.87. The van der Waals surface area contributed by atoms with E-state index >= 15 is 0 Å². The molecule has 0 spiro atoms. The van der Waals surface area contributed by atoms with Gasteiger partial charge in [-0.15, -0.1) is 0 Å². The summed E-state index contributed by atoms with van der Waals surface area (Å²) in [5, 5.41) is 3.27. The molecule has 1 rings (SSSR count). The van der Waals surface area contributed by atoms with Gasteiger partial charge in [-0.05, 0) is 30.5 Å². The maximum atomic E-state index is 5.69. The second kappa shape index (κ2) is 6.57. The standard InChI is InChI=1S/C13H23N3O/c1-9(2)12-5-11(7-14)6-13(16-12)15-8-10(3)17-4/h5-6,9-10H,7-8,14H2,1-4H3,(H,15,16). The van der Waals surface area contributed by atoms with Crippen molar-refractivity contribution in [2.24, 2.45) is 5.73 Å². The minimum absolute atomic E-state index is 0.167. The molecule has 0 aliphatic rings. The van der Waals surface area contributed by atoms with Gasteiger partial charge in [-0.3, -0.25) is 0 Å². The SMILES string of the molecule is COC(C)CNc1cc(CN)cc(C(C)C)n1. The highest BCUT2D eigenvalue weighted by Crippen LogP contribution is 2.17. The van der Waals surface area contributed by atoms with Gasteiger partial charge in [-0.1, -0.05) is 13.8 Å². The van der Waals surface area contributed by atoms with Crippen molar-refractivity contribution in [3.63, 3.8) is 0 Å².